The van der Waals surface area contributed by atoms with Crippen molar-refractivity contribution in [3.8, 4) is 33.4 Å². The standard InChI is InChI=1S/C54H35NS/c1-2-12-36(13-3-1)37-24-29-42(30-25-37)55(44-17-10-16-40(34-44)47-21-11-22-50-48-20-8-9-23-52(48)56-54(47)50)43-31-26-39(27-32-43)51-35-41-15-5-6-18-45(41)49-33-28-38-14-4-7-19-46(38)53(49)51/h1-35H. The van der Waals surface area contributed by atoms with Crippen LogP contribution in [-0.2, 0) is 0 Å². The highest BCUT2D eigenvalue weighted by Gasteiger charge is 2.18. The molecule has 0 N–H and O–H groups in total. The van der Waals surface area contributed by atoms with Gasteiger partial charge in [-0.05, 0) is 114 Å². The normalized spacial score (nSPS) is 11.6. The summed E-state index contributed by atoms with van der Waals surface area (Å²) in [7, 11) is 0. The van der Waals surface area contributed by atoms with Crippen molar-refractivity contribution in [2.75, 3.05) is 4.90 Å². The van der Waals surface area contributed by atoms with E-state index in [1.54, 1.807) is 0 Å². The van der Waals surface area contributed by atoms with Crippen molar-refractivity contribution in [1.29, 1.82) is 0 Å². The van der Waals surface area contributed by atoms with E-state index in [1.807, 2.05) is 11.3 Å². The smallest absolute Gasteiger partial charge is 0.0467 e. The lowest BCUT2D eigenvalue weighted by molar-refractivity contribution is 1.28. The van der Waals surface area contributed by atoms with Gasteiger partial charge in [0.25, 0.3) is 0 Å². The van der Waals surface area contributed by atoms with Gasteiger partial charge in [0.1, 0.15) is 0 Å². The van der Waals surface area contributed by atoms with Gasteiger partial charge >= 0.3 is 0 Å². The first-order chi connectivity index (χ1) is 27.8. The van der Waals surface area contributed by atoms with Crippen LogP contribution in [0.25, 0.3) is 85.9 Å². The highest BCUT2D eigenvalue weighted by Crippen LogP contribution is 2.44. The van der Waals surface area contributed by atoms with E-state index in [4.69, 9.17) is 0 Å². The average Bonchev–Trinajstić information content (AvgIpc) is 3.66. The Morgan fingerprint density at radius 2 is 0.911 bits per heavy atom. The first-order valence-corrected chi connectivity index (χ1v) is 20.0. The zero-order valence-electron chi connectivity index (χ0n) is 30.6. The molecule has 0 spiro atoms. The second-order valence-corrected chi connectivity index (χ2v) is 15.5. The van der Waals surface area contributed by atoms with E-state index >= 15 is 0 Å². The van der Waals surface area contributed by atoms with Crippen LogP contribution in [0.15, 0.2) is 212 Å². The zero-order chi connectivity index (χ0) is 37.0. The van der Waals surface area contributed by atoms with Crippen LogP contribution in [-0.4, -0.2) is 0 Å². The predicted molar refractivity (Wildman–Crippen MR) is 243 cm³/mol. The van der Waals surface area contributed by atoms with Crippen LogP contribution in [0.1, 0.15) is 0 Å². The van der Waals surface area contributed by atoms with Crippen molar-refractivity contribution in [3.63, 3.8) is 0 Å². The molecule has 10 aromatic carbocycles. The summed E-state index contributed by atoms with van der Waals surface area (Å²) in [6.45, 7) is 0. The van der Waals surface area contributed by atoms with Crippen LogP contribution in [0.5, 0.6) is 0 Å². The quantitative estimate of drug-likeness (QED) is 0.154. The van der Waals surface area contributed by atoms with Crippen LogP contribution in [0.2, 0.25) is 0 Å². The molecule has 0 saturated carbocycles. The van der Waals surface area contributed by atoms with Gasteiger partial charge in [0.15, 0.2) is 0 Å². The van der Waals surface area contributed by atoms with Gasteiger partial charge in [-0.15, -0.1) is 11.3 Å². The van der Waals surface area contributed by atoms with E-state index in [0.29, 0.717) is 0 Å². The van der Waals surface area contributed by atoms with E-state index < -0.39 is 0 Å². The molecule has 0 amide bonds. The number of nitrogens with zero attached hydrogens (tertiary/aromatic N) is 1. The molecular formula is C54H35NS. The lowest BCUT2D eigenvalue weighted by Gasteiger charge is -2.26. The third-order valence-electron chi connectivity index (χ3n) is 11.2. The Labute approximate surface area is 330 Å². The molecule has 11 rings (SSSR count). The van der Waals surface area contributed by atoms with Crippen molar-refractivity contribution in [2.45, 2.75) is 0 Å². The Kier molecular flexibility index (Phi) is 7.75. The van der Waals surface area contributed by atoms with E-state index in [2.05, 4.69) is 217 Å². The molecular weight excluding hydrogens is 695 g/mol. The number of thiophene rings is 1. The first kappa shape index (κ1) is 32.4. The summed E-state index contributed by atoms with van der Waals surface area (Å²) in [6, 6.07) is 77.7. The molecule has 0 bridgehead atoms. The Balaban J connectivity index is 1.07. The molecule has 0 aliphatic heterocycles. The number of anilines is 3. The van der Waals surface area contributed by atoms with Gasteiger partial charge < -0.3 is 4.90 Å². The molecule has 2 heteroatoms. The van der Waals surface area contributed by atoms with Crippen molar-refractivity contribution < 1.29 is 0 Å². The molecule has 0 aliphatic rings. The Hall–Kier alpha value is -7.00. The van der Waals surface area contributed by atoms with Gasteiger partial charge in [0.05, 0.1) is 0 Å². The Morgan fingerprint density at radius 1 is 0.304 bits per heavy atom. The summed E-state index contributed by atoms with van der Waals surface area (Å²) in [5.41, 5.74) is 10.7. The van der Waals surface area contributed by atoms with E-state index in [-0.39, 0.29) is 0 Å². The number of hydrogen-bond acceptors (Lipinski definition) is 2. The van der Waals surface area contributed by atoms with Crippen LogP contribution in [0, 0.1) is 0 Å². The number of benzene rings is 10. The molecule has 262 valence electrons. The van der Waals surface area contributed by atoms with Gasteiger partial charge in [-0.3, -0.25) is 0 Å². The molecule has 0 radical (unpaired) electrons. The number of fused-ring (bicyclic) bond motifs is 8. The molecule has 1 aromatic heterocycles. The molecule has 1 nitrogen and oxygen atoms in total. The van der Waals surface area contributed by atoms with E-state index in [1.165, 1.54) is 85.9 Å². The maximum Gasteiger partial charge on any atom is 0.0467 e. The largest absolute Gasteiger partial charge is 0.310 e. The van der Waals surface area contributed by atoms with Crippen LogP contribution < -0.4 is 4.90 Å². The second-order valence-electron chi connectivity index (χ2n) is 14.5. The van der Waals surface area contributed by atoms with Gasteiger partial charge in [-0.2, -0.15) is 0 Å². The minimum absolute atomic E-state index is 1.10. The lowest BCUT2D eigenvalue weighted by atomic mass is 9.90. The van der Waals surface area contributed by atoms with Crippen LogP contribution in [0.4, 0.5) is 17.1 Å². The Morgan fingerprint density at radius 3 is 1.71 bits per heavy atom. The zero-order valence-corrected chi connectivity index (χ0v) is 31.4. The van der Waals surface area contributed by atoms with Crippen molar-refractivity contribution in [3.05, 3.63) is 212 Å². The van der Waals surface area contributed by atoms with Gasteiger partial charge in [-0.1, -0.05) is 164 Å². The summed E-state index contributed by atoms with van der Waals surface area (Å²) in [4.78, 5) is 2.39. The molecule has 0 aliphatic carbocycles. The lowest BCUT2D eigenvalue weighted by Crippen LogP contribution is -2.10. The third kappa shape index (κ3) is 5.46. The Bertz CT molecular complexity index is 3230. The highest BCUT2D eigenvalue weighted by molar-refractivity contribution is 7.26. The van der Waals surface area contributed by atoms with Gasteiger partial charge in [0, 0.05) is 37.2 Å². The van der Waals surface area contributed by atoms with Crippen molar-refractivity contribution in [2.24, 2.45) is 0 Å². The maximum atomic E-state index is 2.39. The molecule has 0 unspecified atom stereocenters. The molecule has 0 atom stereocenters. The summed E-state index contributed by atoms with van der Waals surface area (Å²) in [6.07, 6.45) is 0. The average molecular weight is 730 g/mol. The van der Waals surface area contributed by atoms with Crippen molar-refractivity contribution >= 4 is 80.9 Å². The fourth-order valence-corrected chi connectivity index (χ4v) is 9.81. The topological polar surface area (TPSA) is 3.24 Å². The van der Waals surface area contributed by atoms with E-state index in [9.17, 15) is 0 Å². The van der Waals surface area contributed by atoms with Crippen LogP contribution in [0.3, 0.4) is 0 Å². The minimum atomic E-state index is 1.10. The predicted octanol–water partition coefficient (Wildman–Crippen LogP) is 16.0. The summed E-state index contributed by atoms with van der Waals surface area (Å²) in [5, 5.41) is 10.3. The summed E-state index contributed by atoms with van der Waals surface area (Å²) < 4.78 is 2.64. The summed E-state index contributed by atoms with van der Waals surface area (Å²) >= 11 is 1.88. The monoisotopic (exact) mass is 729 g/mol. The maximum absolute atomic E-state index is 2.39. The minimum Gasteiger partial charge on any atom is -0.310 e. The number of rotatable bonds is 6. The van der Waals surface area contributed by atoms with Crippen molar-refractivity contribution in [1.82, 2.24) is 0 Å². The first-order valence-electron chi connectivity index (χ1n) is 19.2. The highest BCUT2D eigenvalue weighted by atomic mass is 32.1. The van der Waals surface area contributed by atoms with Gasteiger partial charge in [-0.25, -0.2) is 0 Å². The summed E-state index contributed by atoms with van der Waals surface area (Å²) in [5.74, 6) is 0. The molecule has 11 aromatic rings. The van der Waals surface area contributed by atoms with E-state index in [0.717, 1.165) is 17.1 Å². The molecule has 1 heterocycles. The fourth-order valence-electron chi connectivity index (χ4n) is 8.57. The number of hydrogen-bond donors (Lipinski definition) is 0. The fraction of sp³-hybridized carbons (Fsp3) is 0. The second kappa shape index (κ2) is 13.4. The van der Waals surface area contributed by atoms with Crippen LogP contribution >= 0.6 is 11.3 Å². The van der Waals surface area contributed by atoms with Gasteiger partial charge in [0.2, 0.25) is 0 Å². The molecule has 56 heavy (non-hydrogen) atoms. The SMILES string of the molecule is c1ccc(-c2ccc(N(c3ccc(-c4cc5ccccc5c5ccc6ccccc6c45)cc3)c3cccc(-c4cccc5c4sc4ccccc45)c3)cc2)cc1. The molecule has 0 saturated heterocycles. The molecule has 0 fully saturated rings. The third-order valence-corrected chi connectivity index (χ3v) is 12.5.